The first-order valence-electron chi connectivity index (χ1n) is 11.1. The van der Waals surface area contributed by atoms with Gasteiger partial charge in [-0.15, -0.1) is 0 Å². The molecule has 0 radical (unpaired) electrons. The highest BCUT2D eigenvalue weighted by Gasteiger charge is 2.45. The molecule has 2 aromatic rings. The molecule has 0 saturated carbocycles. The average molecular weight is 516 g/mol. The van der Waals surface area contributed by atoms with E-state index in [1.807, 2.05) is 13.8 Å². The first kappa shape index (κ1) is 24.1. The number of nitriles is 1. The van der Waals surface area contributed by atoms with Crippen molar-refractivity contribution in [1.82, 2.24) is 0 Å². The number of ether oxygens (including phenoxy) is 2. The van der Waals surface area contributed by atoms with Crippen LogP contribution in [0.15, 0.2) is 59.1 Å². The Bertz CT molecular complexity index is 1410. The zero-order valence-corrected chi connectivity index (χ0v) is 20.1. The number of carbonyl (C=O) groups is 1. The topological polar surface area (TPSA) is 88.6 Å². The normalized spacial score (nSPS) is 21.0. The number of fused-ring (bicyclic) bond motifs is 1. The number of nitrogens with two attached hydrogens (primary N) is 1. The van der Waals surface area contributed by atoms with Crippen molar-refractivity contribution >= 4 is 23.1 Å². The summed E-state index contributed by atoms with van der Waals surface area (Å²) in [6.07, 6.45) is -4.09. The number of alkyl halides is 3. The highest BCUT2D eigenvalue weighted by atomic mass is 35.5. The SMILES string of the molecule is CC1(C)CC(=O)C2=C(C1)N(c1cc(C(F)(F)F)ccc1Cl)C(N)=C(C#N)C2c1ccc2c(c1)OCO2. The first-order chi connectivity index (χ1) is 16.9. The number of ketones is 1. The summed E-state index contributed by atoms with van der Waals surface area (Å²) in [7, 11) is 0. The molecule has 1 unspecified atom stereocenters. The number of rotatable bonds is 2. The molecule has 0 aromatic heterocycles. The average Bonchev–Trinajstić information content (AvgIpc) is 3.25. The van der Waals surface area contributed by atoms with Gasteiger partial charge in [0.25, 0.3) is 0 Å². The Hall–Kier alpha value is -3.64. The van der Waals surface area contributed by atoms with Gasteiger partial charge in [0, 0.05) is 17.7 Å². The lowest BCUT2D eigenvalue weighted by atomic mass is 9.68. The van der Waals surface area contributed by atoms with Crippen molar-refractivity contribution in [2.45, 2.75) is 38.8 Å². The van der Waals surface area contributed by atoms with Crippen LogP contribution in [0, 0.1) is 16.7 Å². The van der Waals surface area contributed by atoms with Crippen LogP contribution < -0.4 is 20.1 Å². The molecule has 6 nitrogen and oxygen atoms in total. The number of benzene rings is 2. The van der Waals surface area contributed by atoms with Gasteiger partial charge in [-0.05, 0) is 47.7 Å². The monoisotopic (exact) mass is 515 g/mol. The Kier molecular flexibility index (Phi) is 5.49. The summed E-state index contributed by atoms with van der Waals surface area (Å²) in [5.41, 5.74) is 6.43. The predicted octanol–water partition coefficient (Wildman–Crippen LogP) is 6.03. The third kappa shape index (κ3) is 3.86. The largest absolute Gasteiger partial charge is 0.454 e. The van der Waals surface area contributed by atoms with E-state index in [9.17, 15) is 23.2 Å². The zero-order chi connectivity index (χ0) is 26.0. The maximum absolute atomic E-state index is 13.6. The Balaban J connectivity index is 1.77. The van der Waals surface area contributed by atoms with E-state index in [2.05, 4.69) is 6.07 Å². The van der Waals surface area contributed by atoms with Crippen LogP contribution in [0.2, 0.25) is 5.02 Å². The minimum absolute atomic E-state index is 0.00690. The van der Waals surface area contributed by atoms with Gasteiger partial charge in [-0.1, -0.05) is 31.5 Å². The first-order valence-corrected chi connectivity index (χ1v) is 11.5. The maximum atomic E-state index is 13.6. The maximum Gasteiger partial charge on any atom is 0.416 e. The molecule has 0 amide bonds. The van der Waals surface area contributed by atoms with Gasteiger partial charge >= 0.3 is 6.18 Å². The van der Waals surface area contributed by atoms with Gasteiger partial charge in [-0.25, -0.2) is 0 Å². The fraction of sp³-hybridized carbons (Fsp3) is 0.308. The van der Waals surface area contributed by atoms with Gasteiger partial charge in [0.05, 0.1) is 33.8 Å². The lowest BCUT2D eigenvalue weighted by molar-refractivity contribution is -0.137. The standard InChI is InChI=1S/C26H21ClF3N3O3/c1-25(2)9-18-23(19(34)10-25)22(13-3-6-20-21(7-13)36-12-35-20)15(11-31)24(32)33(18)17-8-14(26(28,29)30)4-5-16(17)27/h3-8,22H,9-10,12,32H2,1-2H3. The molecule has 2 N–H and O–H groups in total. The molecule has 0 saturated heterocycles. The van der Waals surface area contributed by atoms with Gasteiger partial charge in [0.2, 0.25) is 6.79 Å². The van der Waals surface area contributed by atoms with E-state index in [1.54, 1.807) is 18.2 Å². The van der Waals surface area contributed by atoms with Crippen LogP contribution in [0.4, 0.5) is 18.9 Å². The Labute approximate surface area is 210 Å². The van der Waals surface area contributed by atoms with Crippen molar-refractivity contribution in [3.63, 3.8) is 0 Å². The number of halogens is 4. The minimum atomic E-state index is -4.63. The van der Waals surface area contributed by atoms with Crippen molar-refractivity contribution in [2.24, 2.45) is 11.1 Å². The number of hydrogen-bond acceptors (Lipinski definition) is 6. The van der Waals surface area contributed by atoms with Crippen LogP contribution in [0.1, 0.15) is 43.7 Å². The van der Waals surface area contributed by atoms with Crippen molar-refractivity contribution in [2.75, 3.05) is 11.7 Å². The molecule has 5 rings (SSSR count). The molecule has 2 aliphatic heterocycles. The number of Topliss-reactive ketones (excluding diaryl/α,β-unsaturated/α-hetero) is 1. The number of allylic oxidation sites excluding steroid dienone is 3. The molecule has 36 heavy (non-hydrogen) atoms. The molecule has 3 aliphatic rings. The molecule has 0 bridgehead atoms. The summed E-state index contributed by atoms with van der Waals surface area (Å²) >= 11 is 6.38. The lowest BCUT2D eigenvalue weighted by Gasteiger charge is -2.44. The van der Waals surface area contributed by atoms with Crippen molar-refractivity contribution in [1.29, 1.82) is 5.26 Å². The number of nitrogens with zero attached hydrogens (tertiary/aromatic N) is 2. The summed E-state index contributed by atoms with van der Waals surface area (Å²) in [4.78, 5) is 14.9. The summed E-state index contributed by atoms with van der Waals surface area (Å²) in [6, 6.07) is 10.1. The van der Waals surface area contributed by atoms with Crippen LogP contribution in [0.5, 0.6) is 11.5 Å². The molecule has 0 fully saturated rings. The fourth-order valence-corrected chi connectivity index (χ4v) is 5.27. The minimum Gasteiger partial charge on any atom is -0.454 e. The molecule has 1 aliphatic carbocycles. The highest BCUT2D eigenvalue weighted by Crippen LogP contribution is 2.52. The molecular weight excluding hydrogens is 495 g/mol. The van der Waals surface area contributed by atoms with E-state index in [0.29, 0.717) is 34.8 Å². The molecule has 0 spiro atoms. The lowest BCUT2D eigenvalue weighted by Crippen LogP contribution is -2.42. The Morgan fingerprint density at radius 2 is 1.86 bits per heavy atom. The van der Waals surface area contributed by atoms with E-state index in [1.165, 1.54) is 4.90 Å². The summed E-state index contributed by atoms with van der Waals surface area (Å²) in [5, 5.41) is 10.2. The molecular formula is C26H21ClF3N3O3. The summed E-state index contributed by atoms with van der Waals surface area (Å²) < 4.78 is 51.6. The smallest absolute Gasteiger partial charge is 0.416 e. The van der Waals surface area contributed by atoms with Gasteiger partial charge in [0.15, 0.2) is 17.3 Å². The van der Waals surface area contributed by atoms with Crippen LogP contribution in [-0.4, -0.2) is 12.6 Å². The third-order valence-electron chi connectivity index (χ3n) is 6.63. The summed E-state index contributed by atoms with van der Waals surface area (Å²) in [5.74, 6) is -0.100. The van der Waals surface area contributed by atoms with E-state index in [4.69, 9.17) is 26.8 Å². The second kappa shape index (κ2) is 8.20. The van der Waals surface area contributed by atoms with Gasteiger partial charge in [0.1, 0.15) is 5.82 Å². The quantitative estimate of drug-likeness (QED) is 0.525. The van der Waals surface area contributed by atoms with Gasteiger partial charge in [-0.3, -0.25) is 9.69 Å². The van der Waals surface area contributed by atoms with Crippen LogP contribution in [-0.2, 0) is 11.0 Å². The van der Waals surface area contributed by atoms with Crippen molar-refractivity contribution in [3.05, 3.63) is 75.2 Å². The highest BCUT2D eigenvalue weighted by molar-refractivity contribution is 6.33. The zero-order valence-electron chi connectivity index (χ0n) is 19.4. The second-order valence-corrected chi connectivity index (χ2v) is 10.2. The number of hydrogen-bond donors (Lipinski definition) is 1. The number of carbonyl (C=O) groups excluding carboxylic acids is 1. The van der Waals surface area contributed by atoms with Gasteiger partial charge in [-0.2, -0.15) is 18.4 Å². The van der Waals surface area contributed by atoms with Crippen molar-refractivity contribution < 1.29 is 27.4 Å². The Morgan fingerprint density at radius 3 is 2.56 bits per heavy atom. The molecule has 186 valence electrons. The molecule has 1 atom stereocenters. The third-order valence-corrected chi connectivity index (χ3v) is 6.94. The second-order valence-electron chi connectivity index (χ2n) is 9.76. The van der Waals surface area contributed by atoms with Gasteiger partial charge < -0.3 is 15.2 Å². The molecule has 10 heteroatoms. The van der Waals surface area contributed by atoms with Crippen LogP contribution >= 0.6 is 11.6 Å². The van der Waals surface area contributed by atoms with E-state index >= 15 is 0 Å². The van der Waals surface area contributed by atoms with E-state index in [-0.39, 0.29) is 41.1 Å². The van der Waals surface area contributed by atoms with Crippen LogP contribution in [0.25, 0.3) is 0 Å². The van der Waals surface area contributed by atoms with Crippen LogP contribution in [0.3, 0.4) is 0 Å². The molecule has 2 heterocycles. The van der Waals surface area contributed by atoms with Crippen molar-refractivity contribution in [3.8, 4) is 17.6 Å². The fourth-order valence-electron chi connectivity index (χ4n) is 5.07. The Morgan fingerprint density at radius 1 is 1.14 bits per heavy atom. The van der Waals surface area contributed by atoms with E-state index in [0.717, 1.165) is 18.2 Å². The number of anilines is 1. The predicted molar refractivity (Wildman–Crippen MR) is 126 cm³/mol. The summed E-state index contributed by atoms with van der Waals surface area (Å²) in [6.45, 7) is 3.85. The van der Waals surface area contributed by atoms with E-state index < -0.39 is 23.1 Å². The molecule has 2 aromatic carbocycles.